The molecule has 1 aromatic rings. The fourth-order valence-corrected chi connectivity index (χ4v) is 5.74. The van der Waals surface area contributed by atoms with Crippen LogP contribution in [0, 0.1) is 11.3 Å². The van der Waals surface area contributed by atoms with E-state index in [0.29, 0.717) is 18.0 Å². The summed E-state index contributed by atoms with van der Waals surface area (Å²) in [5, 5.41) is 0. The third-order valence-electron chi connectivity index (χ3n) is 6.52. The van der Waals surface area contributed by atoms with E-state index in [1.807, 2.05) is 19.9 Å². The average molecular weight is 422 g/mol. The molecule has 3 rings (SSSR count). The van der Waals surface area contributed by atoms with Gasteiger partial charge in [-0.2, -0.15) is 0 Å². The van der Waals surface area contributed by atoms with Crippen molar-refractivity contribution < 1.29 is 22.7 Å². The molecule has 1 atom stereocenters. The largest absolute Gasteiger partial charge is 0.469 e. The number of likely N-dealkylation sites (tertiary alicyclic amines) is 1. The Balaban J connectivity index is 1.62. The van der Waals surface area contributed by atoms with Crippen LogP contribution in [-0.4, -0.2) is 51.1 Å². The van der Waals surface area contributed by atoms with Gasteiger partial charge in [-0.25, -0.2) is 8.42 Å². The summed E-state index contributed by atoms with van der Waals surface area (Å²) in [4.78, 5) is 26.8. The first kappa shape index (κ1) is 21.8. The van der Waals surface area contributed by atoms with Crippen LogP contribution in [0.1, 0.15) is 50.7 Å². The predicted molar refractivity (Wildman–Crippen MR) is 110 cm³/mol. The van der Waals surface area contributed by atoms with Crippen molar-refractivity contribution in [3.63, 3.8) is 0 Å². The highest BCUT2D eigenvalue weighted by atomic mass is 32.2. The molecule has 6 nitrogen and oxygen atoms in total. The average Bonchev–Trinajstić information content (AvgIpc) is 3.19. The van der Waals surface area contributed by atoms with Crippen LogP contribution < -0.4 is 0 Å². The van der Waals surface area contributed by atoms with Crippen LogP contribution in [0.3, 0.4) is 0 Å². The second-order valence-electron chi connectivity index (χ2n) is 8.75. The molecule has 2 aliphatic rings. The van der Waals surface area contributed by atoms with Crippen LogP contribution in [0.4, 0.5) is 0 Å². The Morgan fingerprint density at radius 1 is 1.17 bits per heavy atom. The van der Waals surface area contributed by atoms with Crippen molar-refractivity contribution in [2.75, 3.05) is 26.0 Å². The van der Waals surface area contributed by atoms with Crippen molar-refractivity contribution in [3.8, 4) is 0 Å². The van der Waals surface area contributed by atoms with Crippen molar-refractivity contribution in [2.24, 2.45) is 11.3 Å². The lowest BCUT2D eigenvalue weighted by Crippen LogP contribution is -2.47. The molecule has 1 aliphatic heterocycles. The van der Waals surface area contributed by atoms with Crippen molar-refractivity contribution in [2.45, 2.75) is 57.3 Å². The van der Waals surface area contributed by atoms with Crippen LogP contribution in [-0.2, 0) is 37.0 Å². The van der Waals surface area contributed by atoms with Gasteiger partial charge in [0.1, 0.15) is 0 Å². The Morgan fingerprint density at radius 3 is 2.62 bits per heavy atom. The standard InChI is InChI=1S/C22H31NO5S/c1-22(2,21(25)28-3)18-8-5-12-23(15-18)20(24)11-13-29(26,27)19-10-9-16-6-4-7-17(16)14-19/h9-10,14,18H,4-8,11-13,15H2,1-3H3. The van der Waals surface area contributed by atoms with Crippen molar-refractivity contribution in [1.29, 1.82) is 0 Å². The number of benzene rings is 1. The Hall–Kier alpha value is -1.89. The summed E-state index contributed by atoms with van der Waals surface area (Å²) < 4.78 is 30.4. The number of hydrogen-bond acceptors (Lipinski definition) is 5. The number of aryl methyl sites for hydroxylation is 2. The zero-order valence-corrected chi connectivity index (χ0v) is 18.4. The summed E-state index contributed by atoms with van der Waals surface area (Å²) >= 11 is 0. The monoisotopic (exact) mass is 421 g/mol. The third kappa shape index (κ3) is 4.65. The molecule has 0 N–H and O–H groups in total. The molecule has 1 amide bonds. The van der Waals surface area contributed by atoms with Crippen LogP contribution in [0.2, 0.25) is 0 Å². The first-order chi connectivity index (χ1) is 13.6. The Bertz CT molecular complexity index is 890. The molecule has 1 heterocycles. The normalized spacial score (nSPS) is 19.7. The van der Waals surface area contributed by atoms with Crippen molar-refractivity contribution >= 4 is 21.7 Å². The summed E-state index contributed by atoms with van der Waals surface area (Å²) in [6.07, 6.45) is 4.60. The summed E-state index contributed by atoms with van der Waals surface area (Å²) in [5.41, 5.74) is 1.67. The number of nitrogens with zero attached hydrogens (tertiary/aromatic N) is 1. The molecule has 0 radical (unpaired) electrons. The van der Waals surface area contributed by atoms with Crippen LogP contribution >= 0.6 is 0 Å². The van der Waals surface area contributed by atoms with Gasteiger partial charge in [-0.05, 0) is 75.1 Å². The Labute approximate surface area is 173 Å². The molecule has 1 aromatic carbocycles. The number of hydrogen-bond donors (Lipinski definition) is 0. The molecular formula is C22H31NO5S. The predicted octanol–water partition coefficient (Wildman–Crippen LogP) is 2.78. The molecule has 160 valence electrons. The van der Waals surface area contributed by atoms with Crippen LogP contribution in [0.5, 0.6) is 0 Å². The second-order valence-corrected chi connectivity index (χ2v) is 10.9. The van der Waals surface area contributed by atoms with Crippen molar-refractivity contribution in [3.05, 3.63) is 29.3 Å². The summed E-state index contributed by atoms with van der Waals surface area (Å²) in [5.74, 6) is -0.635. The van der Waals surface area contributed by atoms with Gasteiger partial charge in [0.2, 0.25) is 5.91 Å². The Kier molecular flexibility index (Phi) is 6.36. The molecule has 29 heavy (non-hydrogen) atoms. The van der Waals surface area contributed by atoms with Gasteiger partial charge in [0, 0.05) is 19.5 Å². The number of carbonyl (C=O) groups excluding carboxylic acids is 2. The molecule has 1 unspecified atom stereocenters. The van der Waals surface area contributed by atoms with E-state index in [9.17, 15) is 18.0 Å². The first-order valence-electron chi connectivity index (χ1n) is 10.4. The molecule has 0 saturated carbocycles. The third-order valence-corrected chi connectivity index (χ3v) is 8.23. The highest BCUT2D eigenvalue weighted by molar-refractivity contribution is 7.91. The highest BCUT2D eigenvalue weighted by Gasteiger charge is 2.40. The lowest BCUT2D eigenvalue weighted by atomic mass is 9.74. The number of amides is 1. The molecule has 7 heteroatoms. The maximum atomic E-state index is 12.7. The first-order valence-corrected chi connectivity index (χ1v) is 12.0. The zero-order chi connectivity index (χ0) is 21.2. The number of piperidine rings is 1. The zero-order valence-electron chi connectivity index (χ0n) is 17.6. The van der Waals surface area contributed by atoms with Gasteiger partial charge in [0.15, 0.2) is 9.84 Å². The van der Waals surface area contributed by atoms with E-state index >= 15 is 0 Å². The quantitative estimate of drug-likeness (QED) is 0.660. The van der Waals surface area contributed by atoms with E-state index < -0.39 is 15.3 Å². The van der Waals surface area contributed by atoms with Gasteiger partial charge in [-0.3, -0.25) is 9.59 Å². The highest BCUT2D eigenvalue weighted by Crippen LogP contribution is 2.35. The maximum Gasteiger partial charge on any atom is 0.311 e. The minimum Gasteiger partial charge on any atom is -0.469 e. The minimum absolute atomic E-state index is 0.000896. The lowest BCUT2D eigenvalue weighted by Gasteiger charge is -2.39. The van der Waals surface area contributed by atoms with Gasteiger partial charge in [0.05, 0.1) is 23.2 Å². The fraction of sp³-hybridized carbons (Fsp3) is 0.636. The van der Waals surface area contributed by atoms with Gasteiger partial charge < -0.3 is 9.64 Å². The minimum atomic E-state index is -3.50. The number of carbonyl (C=O) groups is 2. The fourth-order valence-electron chi connectivity index (χ4n) is 4.46. The van der Waals surface area contributed by atoms with Gasteiger partial charge in [-0.15, -0.1) is 0 Å². The molecular weight excluding hydrogens is 390 g/mol. The molecule has 1 aliphatic carbocycles. The van der Waals surface area contributed by atoms with E-state index in [-0.39, 0.29) is 30.0 Å². The number of ether oxygens (including phenoxy) is 1. The van der Waals surface area contributed by atoms with Gasteiger partial charge in [-0.1, -0.05) is 6.07 Å². The van der Waals surface area contributed by atoms with Gasteiger partial charge in [0.25, 0.3) is 0 Å². The number of esters is 1. The van der Waals surface area contributed by atoms with E-state index in [1.165, 1.54) is 12.7 Å². The van der Waals surface area contributed by atoms with E-state index in [1.54, 1.807) is 17.0 Å². The lowest BCUT2D eigenvalue weighted by molar-refractivity contribution is -0.156. The Morgan fingerprint density at radius 2 is 1.90 bits per heavy atom. The number of sulfone groups is 1. The van der Waals surface area contributed by atoms with Crippen LogP contribution in [0.25, 0.3) is 0 Å². The van der Waals surface area contributed by atoms with E-state index in [2.05, 4.69) is 0 Å². The second kappa shape index (κ2) is 8.46. The molecule has 1 saturated heterocycles. The SMILES string of the molecule is COC(=O)C(C)(C)C1CCCN(C(=O)CCS(=O)(=O)c2ccc3c(c2)CCC3)C1. The molecule has 1 fully saturated rings. The van der Waals surface area contributed by atoms with E-state index in [4.69, 9.17) is 4.74 Å². The summed E-state index contributed by atoms with van der Waals surface area (Å²) in [7, 11) is -2.12. The van der Waals surface area contributed by atoms with Gasteiger partial charge >= 0.3 is 5.97 Å². The topological polar surface area (TPSA) is 80.8 Å². The number of methoxy groups -OCH3 is 1. The maximum absolute atomic E-state index is 12.7. The summed E-state index contributed by atoms with van der Waals surface area (Å²) in [6.45, 7) is 4.75. The number of fused-ring (bicyclic) bond motifs is 1. The van der Waals surface area contributed by atoms with Crippen molar-refractivity contribution in [1.82, 2.24) is 4.90 Å². The number of rotatable bonds is 6. The molecule has 0 spiro atoms. The molecule has 0 bridgehead atoms. The summed E-state index contributed by atoms with van der Waals surface area (Å²) in [6, 6.07) is 5.35. The van der Waals surface area contributed by atoms with Crippen LogP contribution in [0.15, 0.2) is 23.1 Å². The molecule has 0 aromatic heterocycles. The smallest absolute Gasteiger partial charge is 0.311 e. The van der Waals surface area contributed by atoms with E-state index in [0.717, 1.165) is 37.7 Å².